The highest BCUT2D eigenvalue weighted by atomic mass is 19.2. The summed E-state index contributed by atoms with van der Waals surface area (Å²) in [7, 11) is 1.00. The van der Waals surface area contributed by atoms with Crippen LogP contribution in [-0.2, 0) is 9.63 Å². The van der Waals surface area contributed by atoms with Crippen molar-refractivity contribution in [3.8, 4) is 0 Å². The summed E-state index contributed by atoms with van der Waals surface area (Å²) in [6.45, 7) is 3.93. The van der Waals surface area contributed by atoms with E-state index in [-0.39, 0.29) is 6.42 Å². The number of hydrogen-bond donors (Lipinski definition) is 0. The van der Waals surface area contributed by atoms with Crippen LogP contribution in [0.25, 0.3) is 0 Å². The number of benzene rings is 1. The maximum absolute atomic E-state index is 13.6. The van der Waals surface area contributed by atoms with Gasteiger partial charge >= 0.3 is 5.97 Å². The summed E-state index contributed by atoms with van der Waals surface area (Å²) in [5, 5.41) is 0.405. The largest absolute Gasteiger partial charge is 0.369 e. The number of hydrogen-bond acceptors (Lipinski definition) is 3. The van der Waals surface area contributed by atoms with Gasteiger partial charge in [-0.1, -0.05) is 25.0 Å². The number of carbonyl (C=O) groups is 2. The Labute approximate surface area is 152 Å². The number of halogens is 5. The molecule has 0 radical (unpaired) electrons. The fourth-order valence-corrected chi connectivity index (χ4v) is 2.97. The van der Waals surface area contributed by atoms with Crippen LogP contribution >= 0.6 is 0 Å². The number of carbonyl (C=O) groups excluding carboxylic acids is 2. The maximum Gasteiger partial charge on any atom is 0.369 e. The third kappa shape index (κ3) is 4.45. The second-order valence-electron chi connectivity index (χ2n) is 6.35. The lowest BCUT2D eigenvalue weighted by atomic mass is 9.95. The van der Waals surface area contributed by atoms with Crippen LogP contribution in [0.5, 0.6) is 0 Å². The Morgan fingerprint density at radius 1 is 0.963 bits per heavy atom. The number of nitrogens with zero attached hydrogens (tertiary/aromatic N) is 1. The van der Waals surface area contributed by atoms with E-state index in [1.54, 1.807) is 0 Å². The smallest absolute Gasteiger partial charge is 0.333 e. The summed E-state index contributed by atoms with van der Waals surface area (Å²) in [6.07, 6.45) is 4.45. The van der Waals surface area contributed by atoms with Gasteiger partial charge in [0.05, 0.1) is 0 Å². The van der Waals surface area contributed by atoms with E-state index in [0.29, 0.717) is 17.4 Å². The molecule has 1 saturated carbocycles. The minimum absolute atomic E-state index is 0.0732. The van der Waals surface area contributed by atoms with Crippen molar-refractivity contribution in [2.24, 2.45) is 5.92 Å². The molecule has 0 N–H and O–H groups in total. The van der Waals surface area contributed by atoms with Crippen LogP contribution in [0, 0.1) is 35.0 Å². The van der Waals surface area contributed by atoms with Crippen molar-refractivity contribution >= 4 is 11.9 Å². The van der Waals surface area contributed by atoms with Gasteiger partial charge in [-0.05, 0) is 25.2 Å². The Balaban J connectivity index is 2.01. The van der Waals surface area contributed by atoms with Gasteiger partial charge in [0.2, 0.25) is 5.82 Å². The van der Waals surface area contributed by atoms with Gasteiger partial charge < -0.3 is 4.84 Å². The number of amides is 1. The molecular weight excluding hydrogens is 373 g/mol. The first-order chi connectivity index (χ1) is 12.6. The Bertz CT molecular complexity index is 746. The van der Waals surface area contributed by atoms with Gasteiger partial charge in [0.1, 0.15) is 5.56 Å². The molecule has 0 aliphatic heterocycles. The highest BCUT2D eigenvalue weighted by Gasteiger charge is 2.32. The van der Waals surface area contributed by atoms with Crippen molar-refractivity contribution in [3.05, 3.63) is 46.8 Å². The first-order valence-electron chi connectivity index (χ1n) is 8.33. The molecule has 1 aliphatic rings. The Morgan fingerprint density at radius 3 is 1.96 bits per heavy atom. The molecule has 0 saturated heterocycles. The SMILES string of the molecule is C=C(CCC(=O)N(C)OC(=O)c1c(F)c(F)c(F)c(F)c1F)C1CCCC1. The third-order valence-electron chi connectivity index (χ3n) is 4.58. The zero-order valence-corrected chi connectivity index (χ0v) is 14.6. The Morgan fingerprint density at radius 2 is 1.44 bits per heavy atom. The van der Waals surface area contributed by atoms with Gasteiger partial charge in [0.25, 0.3) is 5.91 Å². The molecule has 0 heterocycles. The molecule has 2 rings (SSSR count). The van der Waals surface area contributed by atoms with E-state index in [1.165, 1.54) is 0 Å². The first-order valence-corrected chi connectivity index (χ1v) is 8.33. The van der Waals surface area contributed by atoms with Crippen LogP contribution in [-0.4, -0.2) is 24.0 Å². The van der Waals surface area contributed by atoms with Crippen molar-refractivity contribution in [2.75, 3.05) is 7.05 Å². The average Bonchev–Trinajstić information content (AvgIpc) is 3.17. The van der Waals surface area contributed by atoms with Gasteiger partial charge in [-0.15, -0.1) is 0 Å². The lowest BCUT2D eigenvalue weighted by Crippen LogP contribution is -2.31. The standard InChI is InChI=1S/C18H18F5NO3/c1-9(10-5-3-4-6-10)7-8-11(25)24(2)27-18(26)12-13(19)15(21)17(23)16(22)14(12)20/h10H,1,3-8H2,2H3. The summed E-state index contributed by atoms with van der Waals surface area (Å²) in [5.41, 5.74) is -0.873. The minimum atomic E-state index is -2.39. The minimum Gasteiger partial charge on any atom is -0.333 e. The van der Waals surface area contributed by atoms with Crippen LogP contribution < -0.4 is 0 Å². The molecular formula is C18H18F5NO3. The van der Waals surface area contributed by atoms with Gasteiger partial charge in [0, 0.05) is 13.5 Å². The van der Waals surface area contributed by atoms with Crippen LogP contribution in [0.3, 0.4) is 0 Å². The van der Waals surface area contributed by atoms with E-state index in [1.807, 2.05) is 0 Å². The molecule has 1 aromatic carbocycles. The summed E-state index contributed by atoms with van der Waals surface area (Å²) < 4.78 is 66.5. The lowest BCUT2D eigenvalue weighted by Gasteiger charge is -2.18. The zero-order chi connectivity index (χ0) is 20.3. The second kappa shape index (κ2) is 8.49. The third-order valence-corrected chi connectivity index (χ3v) is 4.58. The van der Waals surface area contributed by atoms with Gasteiger partial charge in [-0.2, -0.15) is 5.06 Å². The monoisotopic (exact) mass is 391 g/mol. The predicted octanol–water partition coefficient (Wildman–Crippen LogP) is 4.44. The quantitative estimate of drug-likeness (QED) is 0.245. The topological polar surface area (TPSA) is 46.6 Å². The summed E-state index contributed by atoms with van der Waals surface area (Å²) in [5.74, 6) is -13.8. The lowest BCUT2D eigenvalue weighted by molar-refractivity contribution is -0.161. The Hall–Kier alpha value is -2.45. The first kappa shape index (κ1) is 20.9. The van der Waals surface area contributed by atoms with E-state index >= 15 is 0 Å². The van der Waals surface area contributed by atoms with Crippen molar-refractivity contribution in [1.29, 1.82) is 0 Å². The molecule has 1 amide bonds. The Kier molecular flexibility index (Phi) is 6.56. The van der Waals surface area contributed by atoms with E-state index in [9.17, 15) is 31.5 Å². The predicted molar refractivity (Wildman–Crippen MR) is 84.7 cm³/mol. The van der Waals surface area contributed by atoms with Crippen molar-refractivity contribution in [3.63, 3.8) is 0 Å². The van der Waals surface area contributed by atoms with Crippen molar-refractivity contribution in [2.45, 2.75) is 38.5 Å². The van der Waals surface area contributed by atoms with E-state index < -0.39 is 46.5 Å². The highest BCUT2D eigenvalue weighted by molar-refractivity contribution is 5.91. The van der Waals surface area contributed by atoms with Gasteiger partial charge in [0.15, 0.2) is 23.3 Å². The van der Waals surface area contributed by atoms with Crippen LogP contribution in [0.1, 0.15) is 48.9 Å². The second-order valence-corrected chi connectivity index (χ2v) is 6.35. The highest BCUT2D eigenvalue weighted by Crippen LogP contribution is 2.32. The van der Waals surface area contributed by atoms with Gasteiger partial charge in [-0.25, -0.2) is 26.7 Å². The molecule has 0 spiro atoms. The fourth-order valence-electron chi connectivity index (χ4n) is 2.97. The molecule has 27 heavy (non-hydrogen) atoms. The van der Waals surface area contributed by atoms with Crippen LogP contribution in [0.4, 0.5) is 22.0 Å². The molecule has 1 aliphatic carbocycles. The molecule has 0 bridgehead atoms. The molecule has 0 aromatic heterocycles. The summed E-state index contributed by atoms with van der Waals surface area (Å²) in [4.78, 5) is 28.2. The fraction of sp³-hybridized carbons (Fsp3) is 0.444. The number of hydroxylamine groups is 2. The zero-order valence-electron chi connectivity index (χ0n) is 14.6. The number of allylic oxidation sites excluding steroid dienone is 1. The van der Waals surface area contributed by atoms with Crippen molar-refractivity contribution in [1.82, 2.24) is 5.06 Å². The maximum atomic E-state index is 13.6. The van der Waals surface area contributed by atoms with Crippen LogP contribution in [0.15, 0.2) is 12.2 Å². The molecule has 1 fully saturated rings. The molecule has 0 unspecified atom stereocenters. The van der Waals surface area contributed by atoms with E-state index in [0.717, 1.165) is 38.3 Å². The molecule has 9 heteroatoms. The van der Waals surface area contributed by atoms with Crippen LogP contribution in [0.2, 0.25) is 0 Å². The van der Waals surface area contributed by atoms with Crippen molar-refractivity contribution < 1.29 is 36.4 Å². The summed E-state index contributed by atoms with van der Waals surface area (Å²) >= 11 is 0. The molecule has 4 nitrogen and oxygen atoms in total. The molecule has 1 aromatic rings. The van der Waals surface area contributed by atoms with Gasteiger partial charge in [-0.3, -0.25) is 4.79 Å². The molecule has 0 atom stereocenters. The van der Waals surface area contributed by atoms with E-state index in [4.69, 9.17) is 0 Å². The summed E-state index contributed by atoms with van der Waals surface area (Å²) in [6, 6.07) is 0. The number of rotatable bonds is 5. The average molecular weight is 391 g/mol. The van der Waals surface area contributed by atoms with E-state index in [2.05, 4.69) is 11.4 Å². The molecule has 148 valence electrons. The normalized spacial score (nSPS) is 14.3.